The van der Waals surface area contributed by atoms with E-state index in [4.69, 9.17) is 5.11 Å². The van der Waals surface area contributed by atoms with Gasteiger partial charge in [0.1, 0.15) is 0 Å². The molecule has 1 aliphatic heterocycles. The minimum Gasteiger partial charge on any atom is -0.396 e. The summed E-state index contributed by atoms with van der Waals surface area (Å²) in [5.74, 6) is 0.0939. The molecular weight excluding hydrogens is 269 g/mol. The zero-order chi connectivity index (χ0) is 9.14. The lowest BCUT2D eigenvalue weighted by molar-refractivity contribution is -0.00210. The first-order valence-corrected chi connectivity index (χ1v) is 5.56. The van der Waals surface area contributed by atoms with Crippen molar-refractivity contribution in [3.8, 4) is 0 Å². The van der Waals surface area contributed by atoms with Crippen molar-refractivity contribution in [1.29, 1.82) is 0 Å². The third kappa shape index (κ3) is 2.55. The van der Waals surface area contributed by atoms with Gasteiger partial charge in [-0.3, -0.25) is 4.90 Å². The Morgan fingerprint density at radius 1 is 1.67 bits per heavy atom. The number of piperidine rings is 1. The molecule has 1 heterocycles. The average Bonchev–Trinajstić information content (AvgIpc) is 2.04. The second-order valence-corrected chi connectivity index (χ2v) is 5.17. The quantitative estimate of drug-likeness (QED) is 0.440. The van der Waals surface area contributed by atoms with E-state index in [0.29, 0.717) is 10.6 Å². The molecule has 72 valence electrons. The van der Waals surface area contributed by atoms with Crippen LogP contribution in [0.2, 0.25) is 0 Å². The van der Waals surface area contributed by atoms with Crippen molar-refractivity contribution in [2.45, 2.75) is 23.5 Å². The van der Waals surface area contributed by atoms with Gasteiger partial charge in [0.15, 0.2) is 0 Å². The lowest BCUT2D eigenvalue weighted by Crippen LogP contribution is -2.46. The maximum atomic E-state index is 9.58. The molecule has 1 fully saturated rings. The number of β-amino-alcohol motifs (C(OH)–C–C–N with tert-alkyl or cyclic N) is 1. The van der Waals surface area contributed by atoms with Crippen molar-refractivity contribution in [3.05, 3.63) is 0 Å². The van der Waals surface area contributed by atoms with Crippen molar-refractivity contribution in [2.75, 3.05) is 19.7 Å². The molecule has 3 atom stereocenters. The Labute approximate surface area is 86.9 Å². The lowest BCUT2D eigenvalue weighted by Gasteiger charge is -2.36. The predicted molar refractivity (Wildman–Crippen MR) is 56.3 cm³/mol. The van der Waals surface area contributed by atoms with Gasteiger partial charge in [-0.2, -0.15) is 0 Å². The van der Waals surface area contributed by atoms with Gasteiger partial charge in [0, 0.05) is 19.1 Å². The summed E-state index contributed by atoms with van der Waals surface area (Å²) in [7, 11) is 0. The van der Waals surface area contributed by atoms with Gasteiger partial charge in [0.2, 0.25) is 0 Å². The summed E-state index contributed by atoms with van der Waals surface area (Å²) < 4.78 is 0.469. The highest BCUT2D eigenvalue weighted by Crippen LogP contribution is 2.20. The molecule has 0 aliphatic carbocycles. The fourth-order valence-electron chi connectivity index (χ4n) is 1.54. The third-order valence-electron chi connectivity index (χ3n) is 2.49. The van der Waals surface area contributed by atoms with Crippen molar-refractivity contribution in [2.24, 2.45) is 5.92 Å². The zero-order valence-electron chi connectivity index (χ0n) is 7.28. The summed E-state index contributed by atoms with van der Waals surface area (Å²) in [6.07, 6.45) is 0.561. The Hall–Kier alpha value is 0.610. The number of aliphatic hydroxyl groups is 2. The van der Waals surface area contributed by atoms with Crippen LogP contribution in [0.5, 0.6) is 0 Å². The van der Waals surface area contributed by atoms with Crippen LogP contribution >= 0.6 is 22.6 Å². The predicted octanol–water partition coefficient (Wildman–Crippen LogP) is 0.443. The standard InChI is InChI=1S/C8H16INO2/c1-6(9)10-3-2-7(5-11)8(12)4-10/h6-8,11-12H,2-5H2,1H3/t6?,7-,8+/m0/s1. The van der Waals surface area contributed by atoms with E-state index < -0.39 is 0 Å². The number of likely N-dealkylation sites (tertiary alicyclic amines) is 1. The van der Waals surface area contributed by atoms with E-state index in [1.165, 1.54) is 0 Å². The van der Waals surface area contributed by atoms with Gasteiger partial charge in [-0.1, -0.05) is 22.6 Å². The van der Waals surface area contributed by atoms with Gasteiger partial charge in [0.05, 0.1) is 10.2 Å². The first-order valence-electron chi connectivity index (χ1n) is 4.32. The third-order valence-corrected chi connectivity index (χ3v) is 3.28. The molecule has 1 aliphatic rings. The first-order chi connectivity index (χ1) is 5.65. The normalized spacial score (nSPS) is 35.0. The highest BCUT2D eigenvalue weighted by molar-refractivity contribution is 14.1. The number of nitrogens with zero attached hydrogens (tertiary/aromatic N) is 1. The molecule has 0 bridgehead atoms. The Bertz CT molecular complexity index is 143. The SMILES string of the molecule is CC(I)N1CC[C@@H](CO)[C@H](O)C1. The molecule has 0 spiro atoms. The number of hydrogen-bond acceptors (Lipinski definition) is 3. The van der Waals surface area contributed by atoms with E-state index in [-0.39, 0.29) is 18.6 Å². The Kier molecular flexibility index (Phi) is 4.22. The molecule has 0 aromatic rings. The van der Waals surface area contributed by atoms with Crippen molar-refractivity contribution in [1.82, 2.24) is 4.90 Å². The highest BCUT2D eigenvalue weighted by Gasteiger charge is 2.28. The molecule has 12 heavy (non-hydrogen) atoms. The minimum atomic E-state index is -0.346. The molecule has 0 aromatic heterocycles. The molecule has 0 aromatic carbocycles. The van der Waals surface area contributed by atoms with E-state index in [1.54, 1.807) is 0 Å². The fraction of sp³-hybridized carbons (Fsp3) is 1.00. The molecular formula is C8H16INO2. The maximum Gasteiger partial charge on any atom is 0.0717 e. The van der Waals surface area contributed by atoms with Gasteiger partial charge in [-0.15, -0.1) is 0 Å². The van der Waals surface area contributed by atoms with Gasteiger partial charge in [0.25, 0.3) is 0 Å². The molecule has 1 rings (SSSR count). The number of rotatable bonds is 2. The molecule has 0 radical (unpaired) electrons. The summed E-state index contributed by atoms with van der Waals surface area (Å²) in [6, 6.07) is 0. The van der Waals surface area contributed by atoms with Crippen LogP contribution in [0.25, 0.3) is 0 Å². The zero-order valence-corrected chi connectivity index (χ0v) is 9.44. The molecule has 0 amide bonds. The van der Waals surface area contributed by atoms with Crippen LogP contribution in [0.1, 0.15) is 13.3 Å². The highest BCUT2D eigenvalue weighted by atomic mass is 127. The van der Waals surface area contributed by atoms with E-state index in [9.17, 15) is 5.11 Å². The van der Waals surface area contributed by atoms with E-state index >= 15 is 0 Å². The van der Waals surface area contributed by atoms with Gasteiger partial charge < -0.3 is 10.2 Å². The lowest BCUT2D eigenvalue weighted by atomic mass is 9.95. The molecule has 1 unspecified atom stereocenters. The van der Waals surface area contributed by atoms with Crippen molar-refractivity contribution >= 4 is 22.6 Å². The fourth-order valence-corrected chi connectivity index (χ4v) is 2.05. The summed E-state index contributed by atoms with van der Waals surface area (Å²) in [4.78, 5) is 2.23. The van der Waals surface area contributed by atoms with Crippen LogP contribution in [0, 0.1) is 5.92 Å². The number of aliphatic hydroxyl groups excluding tert-OH is 2. The van der Waals surface area contributed by atoms with Crippen molar-refractivity contribution < 1.29 is 10.2 Å². The monoisotopic (exact) mass is 285 g/mol. The second kappa shape index (κ2) is 4.74. The summed E-state index contributed by atoms with van der Waals surface area (Å²) in [5, 5.41) is 18.5. The van der Waals surface area contributed by atoms with Crippen LogP contribution in [-0.2, 0) is 0 Å². The van der Waals surface area contributed by atoms with Crippen LogP contribution in [0.4, 0.5) is 0 Å². The Morgan fingerprint density at radius 2 is 2.33 bits per heavy atom. The van der Waals surface area contributed by atoms with E-state index in [0.717, 1.165) is 13.0 Å². The average molecular weight is 285 g/mol. The molecule has 3 nitrogen and oxygen atoms in total. The van der Waals surface area contributed by atoms with Crippen molar-refractivity contribution in [3.63, 3.8) is 0 Å². The van der Waals surface area contributed by atoms with E-state index in [1.807, 2.05) is 0 Å². The number of alkyl halides is 1. The number of hydrogen-bond donors (Lipinski definition) is 2. The van der Waals surface area contributed by atoms with Gasteiger partial charge in [-0.25, -0.2) is 0 Å². The van der Waals surface area contributed by atoms with Crippen LogP contribution in [-0.4, -0.2) is 45.0 Å². The molecule has 4 heteroatoms. The number of halogens is 1. The topological polar surface area (TPSA) is 43.7 Å². The Balaban J connectivity index is 2.40. The molecule has 2 N–H and O–H groups in total. The second-order valence-electron chi connectivity index (χ2n) is 3.37. The maximum absolute atomic E-state index is 9.58. The Morgan fingerprint density at radius 3 is 2.75 bits per heavy atom. The van der Waals surface area contributed by atoms with Crippen LogP contribution < -0.4 is 0 Å². The van der Waals surface area contributed by atoms with Crippen LogP contribution in [0.15, 0.2) is 0 Å². The summed E-state index contributed by atoms with van der Waals surface area (Å²) >= 11 is 2.34. The smallest absolute Gasteiger partial charge is 0.0717 e. The molecule has 0 saturated carbocycles. The van der Waals surface area contributed by atoms with Gasteiger partial charge >= 0.3 is 0 Å². The largest absolute Gasteiger partial charge is 0.396 e. The summed E-state index contributed by atoms with van der Waals surface area (Å²) in [6.45, 7) is 3.93. The first kappa shape index (κ1) is 10.7. The summed E-state index contributed by atoms with van der Waals surface area (Å²) in [5.41, 5.74) is 0. The van der Waals surface area contributed by atoms with Gasteiger partial charge in [-0.05, 0) is 19.9 Å². The minimum absolute atomic E-state index is 0.0939. The van der Waals surface area contributed by atoms with E-state index in [2.05, 4.69) is 34.4 Å². The molecule has 1 saturated heterocycles. The van der Waals surface area contributed by atoms with Crippen LogP contribution in [0.3, 0.4) is 0 Å².